The number of ether oxygens (including phenoxy) is 1. The molecule has 0 aromatic carbocycles. The lowest BCUT2D eigenvalue weighted by Gasteiger charge is -2.35. The van der Waals surface area contributed by atoms with Gasteiger partial charge in [-0.05, 0) is 43.5 Å². The summed E-state index contributed by atoms with van der Waals surface area (Å²) in [5.74, 6) is 0.298. The van der Waals surface area contributed by atoms with Crippen molar-refractivity contribution >= 4 is 29.0 Å². The Balaban J connectivity index is 1.30. The van der Waals surface area contributed by atoms with Gasteiger partial charge in [-0.15, -0.1) is 11.3 Å². The van der Waals surface area contributed by atoms with E-state index in [1.165, 1.54) is 4.88 Å². The number of rotatable bonds is 6. The third-order valence-electron chi connectivity index (χ3n) is 5.62. The minimum atomic E-state index is -0.453. The summed E-state index contributed by atoms with van der Waals surface area (Å²) in [6.07, 6.45) is 1.77. The molecule has 0 unspecified atom stereocenters. The predicted molar refractivity (Wildman–Crippen MR) is 121 cm³/mol. The van der Waals surface area contributed by atoms with Gasteiger partial charge in [0.2, 0.25) is 0 Å². The van der Waals surface area contributed by atoms with E-state index < -0.39 is 5.97 Å². The summed E-state index contributed by atoms with van der Waals surface area (Å²) in [7, 11) is 0. The van der Waals surface area contributed by atoms with Crippen LogP contribution in [0.2, 0.25) is 0 Å². The normalized spacial score (nSPS) is 14.0. The number of piperazine rings is 1. The van der Waals surface area contributed by atoms with Crippen molar-refractivity contribution in [1.29, 1.82) is 0 Å². The number of esters is 1. The van der Waals surface area contributed by atoms with Crippen molar-refractivity contribution in [3.8, 4) is 0 Å². The van der Waals surface area contributed by atoms with Crippen molar-refractivity contribution in [2.45, 2.75) is 20.4 Å². The maximum absolute atomic E-state index is 12.6. The van der Waals surface area contributed by atoms with Crippen LogP contribution >= 0.6 is 11.3 Å². The van der Waals surface area contributed by atoms with E-state index in [9.17, 15) is 9.59 Å². The molecule has 162 valence electrons. The van der Waals surface area contributed by atoms with Crippen LogP contribution in [0.25, 0.3) is 0 Å². The Labute approximate surface area is 185 Å². The second-order valence-corrected chi connectivity index (χ2v) is 8.61. The van der Waals surface area contributed by atoms with Crippen LogP contribution < -0.4 is 4.90 Å². The lowest BCUT2D eigenvalue weighted by molar-refractivity contribution is -0.134. The average Bonchev–Trinajstić information content (AvgIpc) is 3.42. The molecule has 1 saturated heterocycles. The number of carbonyl (C=O) groups is 2. The first kappa shape index (κ1) is 21.1. The fourth-order valence-corrected chi connectivity index (χ4v) is 4.52. The van der Waals surface area contributed by atoms with E-state index in [1.807, 2.05) is 49.6 Å². The molecule has 0 radical (unpaired) electrons. The molecule has 0 saturated carbocycles. The number of carbonyl (C=O) groups excluding carboxylic acids is 2. The van der Waals surface area contributed by atoms with E-state index in [2.05, 4.69) is 20.5 Å². The van der Waals surface area contributed by atoms with Gasteiger partial charge >= 0.3 is 5.97 Å². The number of aromatic nitrogens is 2. The van der Waals surface area contributed by atoms with Crippen LogP contribution in [0.1, 0.15) is 26.6 Å². The molecule has 1 amide bonds. The van der Waals surface area contributed by atoms with Gasteiger partial charge in [0.1, 0.15) is 5.82 Å². The van der Waals surface area contributed by atoms with Gasteiger partial charge in [-0.25, -0.2) is 9.78 Å². The molecular formula is C23H26N4O3S. The van der Waals surface area contributed by atoms with E-state index in [4.69, 9.17) is 4.74 Å². The van der Waals surface area contributed by atoms with E-state index in [0.29, 0.717) is 31.7 Å². The molecule has 7 nitrogen and oxygen atoms in total. The summed E-state index contributed by atoms with van der Waals surface area (Å²) < 4.78 is 7.47. The highest BCUT2D eigenvalue weighted by molar-refractivity contribution is 7.09. The number of hydrogen-bond acceptors (Lipinski definition) is 6. The maximum atomic E-state index is 12.6. The standard InChI is InChI=1S/C23H26N4O3S/c1-17-14-20(18(2)27(17)15-19-6-5-13-31-19)23(29)30-16-22(28)26-11-9-25(10-12-26)21-7-3-4-8-24-21/h3-8,13-14H,9-12,15-16H2,1-2H3. The number of amides is 1. The third kappa shape index (κ3) is 4.80. The largest absolute Gasteiger partial charge is 0.452 e. The van der Waals surface area contributed by atoms with Crippen LogP contribution in [0.3, 0.4) is 0 Å². The highest BCUT2D eigenvalue weighted by atomic mass is 32.1. The summed E-state index contributed by atoms with van der Waals surface area (Å²) in [6.45, 7) is 6.96. The molecule has 1 aliphatic rings. The van der Waals surface area contributed by atoms with E-state index >= 15 is 0 Å². The fraction of sp³-hybridized carbons (Fsp3) is 0.348. The van der Waals surface area contributed by atoms with Crippen LogP contribution in [0, 0.1) is 13.8 Å². The van der Waals surface area contributed by atoms with Gasteiger partial charge in [0.25, 0.3) is 5.91 Å². The zero-order chi connectivity index (χ0) is 21.8. The molecule has 0 atom stereocenters. The molecule has 1 aliphatic heterocycles. The molecule has 0 N–H and O–H groups in total. The summed E-state index contributed by atoms with van der Waals surface area (Å²) in [5.41, 5.74) is 2.36. The SMILES string of the molecule is Cc1cc(C(=O)OCC(=O)N2CCN(c3ccccn3)CC2)c(C)n1Cc1cccs1. The number of aryl methyl sites for hydroxylation is 1. The number of pyridine rings is 1. The van der Waals surface area contributed by atoms with Crippen LogP contribution in [0.15, 0.2) is 48.0 Å². The van der Waals surface area contributed by atoms with Crippen LogP contribution in [-0.2, 0) is 16.1 Å². The Morgan fingerprint density at radius 1 is 1.10 bits per heavy atom. The quantitative estimate of drug-likeness (QED) is 0.553. The maximum Gasteiger partial charge on any atom is 0.340 e. The molecule has 31 heavy (non-hydrogen) atoms. The predicted octanol–water partition coefficient (Wildman–Crippen LogP) is 3.12. The number of thiophene rings is 1. The number of anilines is 1. The molecule has 0 bridgehead atoms. The monoisotopic (exact) mass is 438 g/mol. The average molecular weight is 439 g/mol. The first-order chi connectivity index (χ1) is 15.0. The lowest BCUT2D eigenvalue weighted by atomic mass is 10.2. The Bertz CT molecular complexity index is 1040. The van der Waals surface area contributed by atoms with Crippen LogP contribution in [-0.4, -0.2) is 59.1 Å². The molecular weight excluding hydrogens is 412 g/mol. The summed E-state index contributed by atoms with van der Waals surface area (Å²) in [6, 6.07) is 11.7. The first-order valence-electron chi connectivity index (χ1n) is 10.3. The Kier molecular flexibility index (Phi) is 6.36. The smallest absolute Gasteiger partial charge is 0.340 e. The van der Waals surface area contributed by atoms with Gasteiger partial charge in [-0.1, -0.05) is 12.1 Å². The second-order valence-electron chi connectivity index (χ2n) is 7.58. The molecule has 4 rings (SSSR count). The van der Waals surface area contributed by atoms with Gasteiger partial charge in [0.05, 0.1) is 12.1 Å². The van der Waals surface area contributed by atoms with Crippen molar-refractivity contribution in [3.05, 3.63) is 69.8 Å². The number of hydrogen-bond donors (Lipinski definition) is 0. The van der Waals surface area contributed by atoms with Gasteiger partial charge in [0.15, 0.2) is 6.61 Å². The molecule has 8 heteroatoms. The van der Waals surface area contributed by atoms with Crippen LogP contribution in [0.5, 0.6) is 0 Å². The first-order valence-corrected chi connectivity index (χ1v) is 11.2. The minimum absolute atomic E-state index is 0.165. The van der Waals surface area contributed by atoms with Gasteiger partial charge in [0, 0.05) is 48.6 Å². The third-order valence-corrected chi connectivity index (χ3v) is 6.48. The summed E-state index contributed by atoms with van der Waals surface area (Å²) in [4.78, 5) is 34.7. The van der Waals surface area contributed by atoms with Crippen LogP contribution in [0.4, 0.5) is 5.82 Å². The van der Waals surface area contributed by atoms with Crippen molar-refractivity contribution in [3.63, 3.8) is 0 Å². The number of nitrogens with zero attached hydrogens (tertiary/aromatic N) is 4. The van der Waals surface area contributed by atoms with Crippen molar-refractivity contribution in [2.75, 3.05) is 37.7 Å². The minimum Gasteiger partial charge on any atom is -0.452 e. The fourth-order valence-electron chi connectivity index (χ4n) is 3.83. The molecule has 0 spiro atoms. The Morgan fingerprint density at radius 3 is 2.58 bits per heavy atom. The second kappa shape index (κ2) is 9.34. The highest BCUT2D eigenvalue weighted by Gasteiger charge is 2.24. The van der Waals surface area contributed by atoms with Crippen molar-refractivity contribution in [2.24, 2.45) is 0 Å². The molecule has 3 aromatic heterocycles. The van der Waals surface area contributed by atoms with E-state index in [0.717, 1.165) is 23.8 Å². The summed E-state index contributed by atoms with van der Waals surface area (Å²) in [5, 5.41) is 2.04. The van der Waals surface area contributed by atoms with Crippen molar-refractivity contribution < 1.29 is 14.3 Å². The highest BCUT2D eigenvalue weighted by Crippen LogP contribution is 2.20. The van der Waals surface area contributed by atoms with E-state index in [-0.39, 0.29) is 12.5 Å². The topological polar surface area (TPSA) is 67.7 Å². The molecule has 1 fully saturated rings. The molecule has 3 aromatic rings. The molecule has 0 aliphatic carbocycles. The van der Waals surface area contributed by atoms with Crippen molar-refractivity contribution in [1.82, 2.24) is 14.5 Å². The van der Waals surface area contributed by atoms with Gasteiger partial charge < -0.3 is 19.1 Å². The molecule has 4 heterocycles. The zero-order valence-corrected chi connectivity index (χ0v) is 18.6. The van der Waals surface area contributed by atoms with Gasteiger partial charge in [-0.2, -0.15) is 0 Å². The van der Waals surface area contributed by atoms with E-state index in [1.54, 1.807) is 22.4 Å². The zero-order valence-electron chi connectivity index (χ0n) is 17.8. The Hall–Kier alpha value is -3.13. The van der Waals surface area contributed by atoms with Gasteiger partial charge in [-0.3, -0.25) is 4.79 Å². The Morgan fingerprint density at radius 2 is 1.90 bits per heavy atom. The summed E-state index contributed by atoms with van der Waals surface area (Å²) >= 11 is 1.69. The lowest BCUT2D eigenvalue weighted by Crippen LogP contribution is -2.50.